The number of rotatable bonds is 11. The van der Waals surface area contributed by atoms with Crippen LogP contribution in [0.5, 0.6) is 0 Å². The second-order valence-electron chi connectivity index (χ2n) is 7.26. The van der Waals surface area contributed by atoms with Crippen molar-refractivity contribution in [3.05, 3.63) is 30.3 Å². The van der Waals surface area contributed by atoms with Gasteiger partial charge in [-0.1, -0.05) is 18.2 Å². The average molecular weight is 568 g/mol. The van der Waals surface area contributed by atoms with Gasteiger partial charge in [0.2, 0.25) is 10.0 Å². The molecule has 0 saturated carbocycles. The third-order valence-corrected chi connectivity index (χ3v) is 7.42. The zero-order chi connectivity index (χ0) is 25.9. The van der Waals surface area contributed by atoms with Crippen LogP contribution in [0.2, 0.25) is 0 Å². The van der Waals surface area contributed by atoms with Gasteiger partial charge in [0.05, 0.1) is 30.3 Å². The molecule has 18 heteroatoms. The van der Waals surface area contributed by atoms with Crippen LogP contribution in [-0.2, 0) is 62.4 Å². The molecule has 0 spiro atoms. The molecule has 0 aliphatic carbocycles. The molecule has 1 aliphatic rings. The highest BCUT2D eigenvalue weighted by atomic mass is 32.2. The van der Waals surface area contributed by atoms with Gasteiger partial charge in [0.1, 0.15) is 24.4 Å². The van der Waals surface area contributed by atoms with Crippen LogP contribution in [0.15, 0.2) is 35.2 Å². The third-order valence-electron chi connectivity index (χ3n) is 4.24. The Labute approximate surface area is 198 Å². The molecule has 0 amide bonds. The lowest BCUT2D eigenvalue weighted by molar-refractivity contribution is -0.248. The molecule has 1 saturated heterocycles. The smallest absolute Gasteiger partial charge is 0.264 e. The van der Waals surface area contributed by atoms with Gasteiger partial charge < -0.3 is 9.47 Å². The summed E-state index contributed by atoms with van der Waals surface area (Å²) in [6, 6.07) is 5.31. The van der Waals surface area contributed by atoms with E-state index in [-0.39, 0.29) is 4.90 Å². The van der Waals surface area contributed by atoms with E-state index in [1.54, 1.807) is 6.07 Å². The first kappa shape index (κ1) is 29.0. The number of nitrogens with one attached hydrogen (secondary N) is 1. The van der Waals surface area contributed by atoms with Gasteiger partial charge in [0.25, 0.3) is 30.4 Å². The Morgan fingerprint density at radius 1 is 0.824 bits per heavy atom. The van der Waals surface area contributed by atoms with Gasteiger partial charge >= 0.3 is 0 Å². The van der Waals surface area contributed by atoms with Gasteiger partial charge in [-0.05, 0) is 12.1 Å². The number of ether oxygens (including phenoxy) is 2. The molecule has 1 aliphatic heterocycles. The van der Waals surface area contributed by atoms with E-state index in [9.17, 15) is 33.7 Å². The maximum atomic E-state index is 12.9. The van der Waals surface area contributed by atoms with Crippen LogP contribution in [0.4, 0.5) is 0 Å². The molecule has 1 fully saturated rings. The van der Waals surface area contributed by atoms with Crippen molar-refractivity contribution in [1.29, 1.82) is 0 Å². The van der Waals surface area contributed by atoms with Gasteiger partial charge in [-0.25, -0.2) is 13.1 Å². The van der Waals surface area contributed by atoms with Crippen LogP contribution in [0.1, 0.15) is 0 Å². The van der Waals surface area contributed by atoms with Crippen LogP contribution in [0.25, 0.3) is 0 Å². The Morgan fingerprint density at radius 2 is 1.35 bits per heavy atom. The molecule has 2 rings (SSSR count). The molecular formula is C16H25NO13S4. The van der Waals surface area contributed by atoms with Crippen LogP contribution in [0, 0.1) is 0 Å². The quantitative estimate of drug-likeness (QED) is 0.300. The first-order valence-electron chi connectivity index (χ1n) is 9.28. The summed E-state index contributed by atoms with van der Waals surface area (Å²) < 4.78 is 124. The Balaban J connectivity index is 2.57. The van der Waals surface area contributed by atoms with Crippen molar-refractivity contribution >= 4 is 40.4 Å². The number of hydrogen-bond donors (Lipinski definition) is 1. The predicted molar refractivity (Wildman–Crippen MR) is 116 cm³/mol. The maximum Gasteiger partial charge on any atom is 0.264 e. The standard InChI is InChI=1S/C16H25NO13S4/c1-26-16-13(17-34(24,25)11-8-6-5-7-9-11)15(30-33(4,22)23)14(29-32(3,20)21)12(28-16)10-27-31(2,18)19/h5-9,12-17H,10H2,1-4H3/t12-,13-,14+,15-,16+/m0/s1. The molecule has 1 N–H and O–H groups in total. The van der Waals surface area contributed by atoms with Gasteiger partial charge in [-0.15, -0.1) is 0 Å². The fourth-order valence-electron chi connectivity index (χ4n) is 3.04. The fourth-order valence-corrected chi connectivity index (χ4v) is 5.94. The van der Waals surface area contributed by atoms with E-state index in [0.29, 0.717) is 12.5 Å². The van der Waals surface area contributed by atoms with Crippen molar-refractivity contribution in [3.8, 4) is 0 Å². The van der Waals surface area contributed by atoms with Gasteiger partial charge in [-0.2, -0.15) is 25.3 Å². The number of benzene rings is 1. The maximum absolute atomic E-state index is 12.9. The van der Waals surface area contributed by atoms with Crippen molar-refractivity contribution in [1.82, 2.24) is 4.72 Å². The molecule has 14 nitrogen and oxygen atoms in total. The van der Waals surface area contributed by atoms with Gasteiger partial charge in [-0.3, -0.25) is 12.5 Å². The Bertz CT molecular complexity index is 1260. The summed E-state index contributed by atoms with van der Waals surface area (Å²) in [6.45, 7) is -0.819. The summed E-state index contributed by atoms with van der Waals surface area (Å²) in [7, 11) is -15.9. The van der Waals surface area contributed by atoms with E-state index >= 15 is 0 Å². The van der Waals surface area contributed by atoms with Crippen molar-refractivity contribution < 1.29 is 55.7 Å². The lowest BCUT2D eigenvalue weighted by atomic mass is 9.98. The van der Waals surface area contributed by atoms with Crippen molar-refractivity contribution in [2.75, 3.05) is 32.5 Å². The highest BCUT2D eigenvalue weighted by Crippen LogP contribution is 2.30. The largest absolute Gasteiger partial charge is 0.354 e. The molecule has 1 aromatic carbocycles. The minimum absolute atomic E-state index is 0.203. The Morgan fingerprint density at radius 3 is 1.82 bits per heavy atom. The molecule has 34 heavy (non-hydrogen) atoms. The van der Waals surface area contributed by atoms with Crippen molar-refractivity contribution in [3.63, 3.8) is 0 Å². The van der Waals surface area contributed by atoms with E-state index in [0.717, 1.165) is 13.4 Å². The predicted octanol–water partition coefficient (Wildman–Crippen LogP) is -1.63. The van der Waals surface area contributed by atoms with Crippen LogP contribution < -0.4 is 4.72 Å². The molecular weight excluding hydrogens is 542 g/mol. The molecule has 1 aromatic rings. The topological polar surface area (TPSA) is 195 Å². The zero-order valence-corrected chi connectivity index (χ0v) is 21.7. The minimum Gasteiger partial charge on any atom is -0.354 e. The highest BCUT2D eigenvalue weighted by molar-refractivity contribution is 7.89. The van der Waals surface area contributed by atoms with Gasteiger partial charge in [0, 0.05) is 7.11 Å². The molecule has 0 bridgehead atoms. The summed E-state index contributed by atoms with van der Waals surface area (Å²) in [5, 5.41) is 0. The lowest BCUT2D eigenvalue weighted by Gasteiger charge is -2.44. The zero-order valence-electron chi connectivity index (χ0n) is 18.4. The second-order valence-corrected chi connectivity index (χ2v) is 13.8. The number of methoxy groups -OCH3 is 1. The molecule has 1 heterocycles. The minimum atomic E-state index is -4.34. The van der Waals surface area contributed by atoms with Crippen LogP contribution in [-0.4, -0.2) is 96.8 Å². The molecule has 0 aromatic heterocycles. The monoisotopic (exact) mass is 567 g/mol. The summed E-state index contributed by atoms with van der Waals surface area (Å²) >= 11 is 0. The summed E-state index contributed by atoms with van der Waals surface area (Å²) in [5.41, 5.74) is 0. The van der Waals surface area contributed by atoms with Crippen molar-refractivity contribution in [2.45, 2.75) is 35.5 Å². The van der Waals surface area contributed by atoms with E-state index in [1.807, 2.05) is 0 Å². The SMILES string of the molecule is CO[C@@H]1O[C@@H](COS(C)(=O)=O)[C@@H](OS(C)(=O)=O)[C@@H](OS(C)(=O)=O)[C@@H]1NS(=O)(=O)c1ccccc1. The fraction of sp³-hybridized carbons (Fsp3) is 0.625. The van der Waals surface area contributed by atoms with E-state index in [4.69, 9.17) is 17.8 Å². The Kier molecular flexibility index (Phi) is 9.22. The first-order valence-corrected chi connectivity index (χ1v) is 16.2. The number of hydrogen-bond acceptors (Lipinski definition) is 13. The average Bonchev–Trinajstić information content (AvgIpc) is 2.67. The normalized spacial score (nSPS) is 26.9. The Hall–Kier alpha value is -1.22. The molecule has 196 valence electrons. The second kappa shape index (κ2) is 10.8. The molecule has 0 radical (unpaired) electrons. The molecule has 5 atom stereocenters. The third kappa shape index (κ3) is 8.77. The summed E-state index contributed by atoms with van der Waals surface area (Å²) in [5.74, 6) is 0. The first-order chi connectivity index (χ1) is 15.4. The summed E-state index contributed by atoms with van der Waals surface area (Å²) in [4.78, 5) is -0.203. The summed E-state index contributed by atoms with van der Waals surface area (Å²) in [6.07, 6.45) is -4.87. The van der Waals surface area contributed by atoms with Gasteiger partial charge in [0.15, 0.2) is 6.29 Å². The molecule has 0 unspecified atom stereocenters. The van der Waals surface area contributed by atoms with E-state index < -0.39 is 77.6 Å². The van der Waals surface area contributed by atoms with E-state index in [2.05, 4.69) is 8.91 Å². The van der Waals surface area contributed by atoms with Crippen LogP contribution in [0.3, 0.4) is 0 Å². The van der Waals surface area contributed by atoms with Crippen molar-refractivity contribution in [2.24, 2.45) is 0 Å². The van der Waals surface area contributed by atoms with E-state index in [1.165, 1.54) is 24.3 Å². The highest BCUT2D eigenvalue weighted by Gasteiger charge is 2.52. The number of sulfonamides is 1. The van der Waals surface area contributed by atoms with Crippen LogP contribution >= 0.6 is 0 Å². The lowest BCUT2D eigenvalue weighted by Crippen LogP contribution is -2.66.